The van der Waals surface area contributed by atoms with Crippen LogP contribution in [0.5, 0.6) is 0 Å². The van der Waals surface area contributed by atoms with Crippen LogP contribution in [0.15, 0.2) is 118 Å². The van der Waals surface area contributed by atoms with Gasteiger partial charge in [0, 0.05) is 46.0 Å². The molecule has 0 aromatic heterocycles. The van der Waals surface area contributed by atoms with Gasteiger partial charge in [0.2, 0.25) is 0 Å². The van der Waals surface area contributed by atoms with Crippen LogP contribution in [0.4, 0.5) is 11.4 Å². The molecule has 0 heterocycles. The van der Waals surface area contributed by atoms with E-state index in [9.17, 15) is 14.4 Å². The number of amides is 2. The van der Waals surface area contributed by atoms with E-state index in [4.69, 9.17) is 0 Å². The van der Waals surface area contributed by atoms with Gasteiger partial charge in [-0.2, -0.15) is 0 Å². The van der Waals surface area contributed by atoms with Crippen molar-refractivity contribution in [2.24, 2.45) is 0 Å². The summed E-state index contributed by atoms with van der Waals surface area (Å²) >= 11 is 4.77. The summed E-state index contributed by atoms with van der Waals surface area (Å²) in [5.41, 5.74) is 3.52. The molecule has 4 aromatic rings. The summed E-state index contributed by atoms with van der Waals surface area (Å²) < 4.78 is 0.916. The second-order valence-corrected chi connectivity index (χ2v) is 11.0. The van der Waals surface area contributed by atoms with Gasteiger partial charge in [-0.1, -0.05) is 64.5 Å². The highest BCUT2D eigenvalue weighted by Crippen LogP contribution is 2.24. The SMILES string of the molecule is CN(C)c1ccc(/C=C(\NC(=O)c2ccccc2)C(=O)Nc2cccc(SCC(=O)c3ccc(Br)cc3)c2)cc1. The third-order valence-electron chi connectivity index (χ3n) is 5.88. The van der Waals surface area contributed by atoms with E-state index in [1.54, 1.807) is 54.6 Å². The molecule has 2 amide bonds. The van der Waals surface area contributed by atoms with Crippen LogP contribution >= 0.6 is 27.7 Å². The van der Waals surface area contributed by atoms with Gasteiger partial charge in [-0.3, -0.25) is 14.4 Å². The van der Waals surface area contributed by atoms with Crippen LogP contribution < -0.4 is 15.5 Å². The molecule has 4 rings (SSSR count). The smallest absolute Gasteiger partial charge is 0.272 e. The van der Waals surface area contributed by atoms with Gasteiger partial charge in [0.25, 0.3) is 11.8 Å². The van der Waals surface area contributed by atoms with Crippen molar-refractivity contribution in [3.05, 3.63) is 130 Å². The number of hydrogen-bond donors (Lipinski definition) is 2. The zero-order valence-corrected chi connectivity index (χ0v) is 24.5. The van der Waals surface area contributed by atoms with Crippen molar-refractivity contribution >= 4 is 62.7 Å². The lowest BCUT2D eigenvalue weighted by Crippen LogP contribution is -2.30. The van der Waals surface area contributed by atoms with E-state index in [0.717, 1.165) is 20.6 Å². The minimum Gasteiger partial charge on any atom is -0.378 e. The van der Waals surface area contributed by atoms with Gasteiger partial charge in [0.05, 0.1) is 5.75 Å². The van der Waals surface area contributed by atoms with Crippen LogP contribution in [0.25, 0.3) is 6.08 Å². The van der Waals surface area contributed by atoms with Crippen LogP contribution in [0.3, 0.4) is 0 Å². The Morgan fingerprint density at radius 1 is 0.825 bits per heavy atom. The molecule has 0 bridgehead atoms. The Morgan fingerprint density at radius 2 is 1.52 bits per heavy atom. The van der Waals surface area contributed by atoms with E-state index in [1.165, 1.54) is 11.8 Å². The molecule has 0 fully saturated rings. The third kappa shape index (κ3) is 8.18. The van der Waals surface area contributed by atoms with Crippen LogP contribution in [-0.2, 0) is 4.79 Å². The molecule has 2 N–H and O–H groups in total. The molecule has 0 spiro atoms. The average Bonchev–Trinajstić information content (AvgIpc) is 2.97. The Hall–Kier alpha value is -4.14. The number of halogens is 1. The zero-order chi connectivity index (χ0) is 28.5. The maximum atomic E-state index is 13.4. The van der Waals surface area contributed by atoms with Gasteiger partial charge >= 0.3 is 0 Å². The van der Waals surface area contributed by atoms with E-state index in [-0.39, 0.29) is 23.1 Å². The standard InChI is InChI=1S/C32H28BrN3O3S/c1-36(2)27-17-11-22(12-18-27)19-29(35-31(38)24-7-4-3-5-8-24)32(39)34-26-9-6-10-28(20-26)40-21-30(37)23-13-15-25(33)16-14-23/h3-20H,21H2,1-2H3,(H,34,39)(H,35,38)/b29-19-. The number of nitrogens with zero attached hydrogens (tertiary/aromatic N) is 1. The summed E-state index contributed by atoms with van der Waals surface area (Å²) in [6.45, 7) is 0. The highest BCUT2D eigenvalue weighted by atomic mass is 79.9. The largest absolute Gasteiger partial charge is 0.378 e. The van der Waals surface area contributed by atoms with Crippen LogP contribution in [-0.4, -0.2) is 37.4 Å². The number of ketones is 1. The van der Waals surface area contributed by atoms with Crippen LogP contribution in [0.2, 0.25) is 0 Å². The van der Waals surface area contributed by atoms with E-state index in [0.29, 0.717) is 16.8 Å². The number of benzene rings is 4. The first-order chi connectivity index (χ1) is 19.3. The highest BCUT2D eigenvalue weighted by molar-refractivity contribution is 9.10. The van der Waals surface area contributed by atoms with E-state index >= 15 is 0 Å². The van der Waals surface area contributed by atoms with E-state index in [1.807, 2.05) is 73.6 Å². The molecule has 0 aliphatic rings. The first kappa shape index (κ1) is 28.9. The van der Waals surface area contributed by atoms with Crippen molar-refractivity contribution in [2.45, 2.75) is 4.90 Å². The monoisotopic (exact) mass is 613 g/mol. The number of rotatable bonds is 10. The molecule has 202 valence electrons. The predicted molar refractivity (Wildman–Crippen MR) is 167 cm³/mol. The number of hydrogen-bond acceptors (Lipinski definition) is 5. The molecule has 0 unspecified atom stereocenters. The van der Waals surface area contributed by atoms with E-state index < -0.39 is 5.91 Å². The first-order valence-corrected chi connectivity index (χ1v) is 14.2. The molecule has 40 heavy (non-hydrogen) atoms. The summed E-state index contributed by atoms with van der Waals surface area (Å²) in [6.07, 6.45) is 1.64. The Labute approximate surface area is 246 Å². The van der Waals surface area contributed by atoms with Gasteiger partial charge in [0.15, 0.2) is 5.78 Å². The lowest BCUT2D eigenvalue weighted by atomic mass is 10.1. The molecule has 0 aliphatic heterocycles. The first-order valence-electron chi connectivity index (χ1n) is 12.5. The molecule has 4 aromatic carbocycles. The maximum absolute atomic E-state index is 13.4. The maximum Gasteiger partial charge on any atom is 0.272 e. The third-order valence-corrected chi connectivity index (χ3v) is 7.40. The second-order valence-electron chi connectivity index (χ2n) is 9.06. The molecule has 0 aliphatic carbocycles. The lowest BCUT2D eigenvalue weighted by molar-refractivity contribution is -0.113. The highest BCUT2D eigenvalue weighted by Gasteiger charge is 2.16. The van der Waals surface area contributed by atoms with Gasteiger partial charge in [0.1, 0.15) is 5.70 Å². The lowest BCUT2D eigenvalue weighted by Gasteiger charge is -2.14. The number of carbonyl (C=O) groups excluding carboxylic acids is 3. The summed E-state index contributed by atoms with van der Waals surface area (Å²) in [5, 5.41) is 5.64. The van der Waals surface area contributed by atoms with Crippen LogP contribution in [0.1, 0.15) is 26.3 Å². The zero-order valence-electron chi connectivity index (χ0n) is 22.1. The topological polar surface area (TPSA) is 78.5 Å². The molecular weight excluding hydrogens is 586 g/mol. The molecule has 0 saturated carbocycles. The minimum absolute atomic E-state index is 0.0149. The quantitative estimate of drug-likeness (QED) is 0.116. The fourth-order valence-corrected chi connectivity index (χ4v) is 4.82. The molecule has 6 nitrogen and oxygen atoms in total. The van der Waals surface area contributed by atoms with Crippen molar-refractivity contribution < 1.29 is 14.4 Å². The molecule has 0 atom stereocenters. The van der Waals surface area contributed by atoms with Crippen molar-refractivity contribution in [3.8, 4) is 0 Å². The number of Topliss-reactive ketones (excluding diaryl/α,β-unsaturated/α-hetero) is 1. The number of thioether (sulfide) groups is 1. The summed E-state index contributed by atoms with van der Waals surface area (Å²) in [7, 11) is 3.90. The summed E-state index contributed by atoms with van der Waals surface area (Å²) in [4.78, 5) is 41.7. The fourth-order valence-electron chi connectivity index (χ4n) is 3.71. The van der Waals surface area contributed by atoms with Crippen molar-refractivity contribution in [1.82, 2.24) is 5.32 Å². The predicted octanol–water partition coefficient (Wildman–Crippen LogP) is 6.90. The Bertz CT molecular complexity index is 1520. The van der Waals surface area contributed by atoms with Gasteiger partial charge in [-0.05, 0) is 66.2 Å². The van der Waals surface area contributed by atoms with Crippen molar-refractivity contribution in [2.75, 3.05) is 30.1 Å². The molecule has 8 heteroatoms. The summed E-state index contributed by atoms with van der Waals surface area (Å²) in [5.74, 6) is -0.571. The van der Waals surface area contributed by atoms with Crippen molar-refractivity contribution in [1.29, 1.82) is 0 Å². The molecule has 0 radical (unpaired) electrons. The number of carbonyl (C=O) groups is 3. The van der Waals surface area contributed by atoms with Crippen molar-refractivity contribution in [3.63, 3.8) is 0 Å². The Kier molecular flexibility index (Phi) is 9.94. The second kappa shape index (κ2) is 13.8. The Balaban J connectivity index is 1.50. The molecular formula is C32H28BrN3O3S. The van der Waals surface area contributed by atoms with Crippen LogP contribution in [0, 0.1) is 0 Å². The van der Waals surface area contributed by atoms with Gasteiger partial charge < -0.3 is 15.5 Å². The Morgan fingerprint density at radius 3 is 2.20 bits per heavy atom. The average molecular weight is 615 g/mol. The fraction of sp³-hybridized carbons (Fsp3) is 0.0938. The normalized spacial score (nSPS) is 11.0. The number of nitrogens with one attached hydrogen (secondary N) is 2. The minimum atomic E-state index is -0.464. The number of anilines is 2. The van der Waals surface area contributed by atoms with Gasteiger partial charge in [-0.15, -0.1) is 11.8 Å². The van der Waals surface area contributed by atoms with E-state index in [2.05, 4.69) is 26.6 Å². The summed E-state index contributed by atoms with van der Waals surface area (Å²) in [6, 6.07) is 30.9. The molecule has 0 saturated heterocycles. The van der Waals surface area contributed by atoms with Gasteiger partial charge in [-0.25, -0.2) is 0 Å².